The van der Waals surface area contributed by atoms with Crippen molar-refractivity contribution in [3.8, 4) is 0 Å². The van der Waals surface area contributed by atoms with E-state index in [9.17, 15) is 4.79 Å². The van der Waals surface area contributed by atoms with Crippen LogP contribution >= 0.6 is 0 Å². The normalized spacial score (nSPS) is 13.3. The maximum Gasteiger partial charge on any atom is 0.271 e. The van der Waals surface area contributed by atoms with Crippen molar-refractivity contribution in [1.29, 1.82) is 0 Å². The molecule has 1 unspecified atom stereocenters. The van der Waals surface area contributed by atoms with Crippen LogP contribution in [0.4, 0.5) is 0 Å². The Bertz CT molecular complexity index is 379. The van der Waals surface area contributed by atoms with Gasteiger partial charge in [0.2, 0.25) is 0 Å². The summed E-state index contributed by atoms with van der Waals surface area (Å²) in [4.78, 5) is 11.6. The van der Waals surface area contributed by atoms with Crippen LogP contribution in [-0.4, -0.2) is 9.78 Å². The van der Waals surface area contributed by atoms with E-state index in [2.05, 4.69) is 5.10 Å². The van der Waals surface area contributed by atoms with E-state index in [0.717, 1.165) is 5.69 Å². The van der Waals surface area contributed by atoms with Crippen molar-refractivity contribution in [3.05, 3.63) is 27.7 Å². The van der Waals surface area contributed by atoms with E-state index in [1.807, 2.05) is 13.8 Å². The molecule has 0 aliphatic heterocycles. The van der Waals surface area contributed by atoms with Crippen LogP contribution in [0.1, 0.15) is 44.0 Å². The van der Waals surface area contributed by atoms with E-state index in [1.54, 1.807) is 20.0 Å². The highest BCUT2D eigenvalue weighted by Gasteiger charge is 2.11. The van der Waals surface area contributed by atoms with E-state index < -0.39 is 0 Å². The fourth-order valence-electron chi connectivity index (χ4n) is 1.26. The monoisotopic (exact) mass is 195 g/mol. The van der Waals surface area contributed by atoms with Gasteiger partial charge < -0.3 is 5.73 Å². The number of aromatic nitrogens is 2. The van der Waals surface area contributed by atoms with Gasteiger partial charge in [0.1, 0.15) is 0 Å². The molecule has 0 saturated carbocycles. The average Bonchev–Trinajstić information content (AvgIpc) is 2.08. The van der Waals surface area contributed by atoms with Gasteiger partial charge in [-0.15, -0.1) is 0 Å². The predicted molar refractivity (Wildman–Crippen MR) is 56.2 cm³/mol. The summed E-state index contributed by atoms with van der Waals surface area (Å²) in [6.45, 7) is 5.89. The Morgan fingerprint density at radius 3 is 2.43 bits per heavy atom. The summed E-state index contributed by atoms with van der Waals surface area (Å²) in [6, 6.07) is 1.56. The minimum Gasteiger partial charge on any atom is -0.324 e. The maximum atomic E-state index is 11.6. The van der Waals surface area contributed by atoms with Crippen LogP contribution < -0.4 is 11.3 Å². The Balaban J connectivity index is 3.36. The highest BCUT2D eigenvalue weighted by molar-refractivity contribution is 5.18. The lowest BCUT2D eigenvalue weighted by Crippen LogP contribution is -2.28. The second-order valence-electron chi connectivity index (χ2n) is 3.90. The molecule has 1 aromatic heterocycles. The second-order valence-corrected chi connectivity index (χ2v) is 3.90. The molecule has 0 amide bonds. The molecule has 4 nitrogen and oxygen atoms in total. The maximum absolute atomic E-state index is 11.6. The zero-order chi connectivity index (χ0) is 10.9. The van der Waals surface area contributed by atoms with Crippen LogP contribution in [0, 0.1) is 0 Å². The smallest absolute Gasteiger partial charge is 0.271 e. The van der Waals surface area contributed by atoms with E-state index in [1.165, 1.54) is 4.68 Å². The first-order valence-corrected chi connectivity index (χ1v) is 4.77. The van der Waals surface area contributed by atoms with Crippen molar-refractivity contribution in [2.75, 3.05) is 0 Å². The summed E-state index contributed by atoms with van der Waals surface area (Å²) >= 11 is 0. The third kappa shape index (κ3) is 2.01. The predicted octanol–water partition coefficient (Wildman–Crippen LogP) is 0.923. The minimum absolute atomic E-state index is 0.107. The van der Waals surface area contributed by atoms with Crippen LogP contribution in [0.3, 0.4) is 0 Å². The van der Waals surface area contributed by atoms with Crippen molar-refractivity contribution in [2.45, 2.75) is 32.7 Å². The van der Waals surface area contributed by atoms with E-state index in [-0.39, 0.29) is 11.6 Å². The number of nitrogens with zero attached hydrogens (tertiary/aromatic N) is 2. The van der Waals surface area contributed by atoms with Gasteiger partial charge in [0, 0.05) is 18.7 Å². The van der Waals surface area contributed by atoms with Gasteiger partial charge in [-0.1, -0.05) is 13.8 Å². The first-order chi connectivity index (χ1) is 6.43. The first kappa shape index (κ1) is 10.9. The van der Waals surface area contributed by atoms with E-state index in [4.69, 9.17) is 5.73 Å². The molecule has 2 N–H and O–H groups in total. The number of rotatable bonds is 2. The molecule has 0 radical (unpaired) electrons. The molecule has 0 aliphatic rings. The fraction of sp³-hybridized carbons (Fsp3) is 0.600. The number of hydrogen-bond acceptors (Lipinski definition) is 3. The highest BCUT2D eigenvalue weighted by atomic mass is 16.1. The third-order valence-corrected chi connectivity index (χ3v) is 2.19. The molecular weight excluding hydrogens is 178 g/mol. The van der Waals surface area contributed by atoms with Crippen LogP contribution in [0.15, 0.2) is 10.9 Å². The number of hydrogen-bond donors (Lipinski definition) is 1. The first-order valence-electron chi connectivity index (χ1n) is 4.77. The molecule has 0 aliphatic carbocycles. The van der Waals surface area contributed by atoms with Crippen LogP contribution in [0.5, 0.6) is 0 Å². The molecule has 4 heteroatoms. The van der Waals surface area contributed by atoms with Gasteiger partial charge >= 0.3 is 0 Å². The van der Waals surface area contributed by atoms with E-state index >= 15 is 0 Å². The van der Waals surface area contributed by atoms with Crippen molar-refractivity contribution < 1.29 is 0 Å². The Hall–Kier alpha value is -1.16. The molecule has 78 valence electrons. The highest BCUT2D eigenvalue weighted by Crippen LogP contribution is 2.12. The lowest BCUT2D eigenvalue weighted by atomic mass is 10.1. The Morgan fingerprint density at radius 2 is 2.00 bits per heavy atom. The van der Waals surface area contributed by atoms with Gasteiger partial charge in [-0.3, -0.25) is 4.79 Å². The molecule has 0 aromatic carbocycles. The van der Waals surface area contributed by atoms with Crippen LogP contribution in [0.25, 0.3) is 0 Å². The average molecular weight is 195 g/mol. The molecule has 14 heavy (non-hydrogen) atoms. The molecule has 0 saturated heterocycles. The lowest BCUT2D eigenvalue weighted by Gasteiger charge is -2.11. The summed E-state index contributed by atoms with van der Waals surface area (Å²) in [5, 5.41) is 4.16. The summed E-state index contributed by atoms with van der Waals surface area (Å²) in [5.74, 6) is 0.305. The number of aryl methyl sites for hydroxylation is 1. The van der Waals surface area contributed by atoms with Gasteiger partial charge in [-0.25, -0.2) is 4.68 Å². The molecule has 1 atom stereocenters. The SMILES string of the molecule is CC(C)c1cc(C(C)N)c(=O)n(C)n1. The van der Waals surface area contributed by atoms with Gasteiger partial charge in [-0.05, 0) is 18.9 Å². The summed E-state index contributed by atoms with van der Waals surface area (Å²) in [5.41, 5.74) is 7.14. The quantitative estimate of drug-likeness (QED) is 0.763. The molecule has 1 aromatic rings. The Kier molecular flexibility index (Phi) is 3.06. The fourth-order valence-corrected chi connectivity index (χ4v) is 1.26. The summed E-state index contributed by atoms with van der Waals surface area (Å²) < 4.78 is 1.36. The van der Waals surface area contributed by atoms with Gasteiger partial charge in [-0.2, -0.15) is 5.10 Å². The van der Waals surface area contributed by atoms with Gasteiger partial charge in [0.15, 0.2) is 0 Å². The Morgan fingerprint density at radius 1 is 1.43 bits per heavy atom. The Labute approximate surface area is 83.7 Å². The molecule has 0 fully saturated rings. The van der Waals surface area contributed by atoms with E-state index in [0.29, 0.717) is 11.5 Å². The van der Waals surface area contributed by atoms with Crippen LogP contribution in [0.2, 0.25) is 0 Å². The molecule has 1 heterocycles. The summed E-state index contributed by atoms with van der Waals surface area (Å²) in [7, 11) is 1.65. The largest absolute Gasteiger partial charge is 0.324 e. The third-order valence-electron chi connectivity index (χ3n) is 2.19. The molecule has 1 rings (SSSR count). The van der Waals surface area contributed by atoms with Crippen molar-refractivity contribution in [1.82, 2.24) is 9.78 Å². The van der Waals surface area contributed by atoms with Crippen molar-refractivity contribution in [3.63, 3.8) is 0 Å². The van der Waals surface area contributed by atoms with Gasteiger partial charge in [0.05, 0.1) is 5.69 Å². The zero-order valence-electron chi connectivity index (χ0n) is 9.11. The van der Waals surface area contributed by atoms with Crippen molar-refractivity contribution >= 4 is 0 Å². The van der Waals surface area contributed by atoms with Gasteiger partial charge in [0.25, 0.3) is 5.56 Å². The molecular formula is C10H17N3O. The second kappa shape index (κ2) is 3.92. The molecule has 0 bridgehead atoms. The standard InChI is InChI=1S/C10H17N3O/c1-6(2)9-5-8(7(3)11)10(14)13(4)12-9/h5-7H,11H2,1-4H3. The number of nitrogens with two attached hydrogens (primary N) is 1. The lowest BCUT2D eigenvalue weighted by molar-refractivity contribution is 0.628. The van der Waals surface area contributed by atoms with Crippen LogP contribution in [-0.2, 0) is 7.05 Å². The summed E-state index contributed by atoms with van der Waals surface area (Å²) in [6.07, 6.45) is 0. The zero-order valence-corrected chi connectivity index (χ0v) is 9.11. The molecule has 0 spiro atoms. The minimum atomic E-state index is -0.241. The van der Waals surface area contributed by atoms with Crippen molar-refractivity contribution in [2.24, 2.45) is 12.8 Å². The topological polar surface area (TPSA) is 60.9 Å².